The third kappa shape index (κ3) is 4.90. The van der Waals surface area contributed by atoms with Crippen molar-refractivity contribution in [1.82, 2.24) is 15.0 Å². The molecule has 0 amide bonds. The summed E-state index contributed by atoms with van der Waals surface area (Å²) < 4.78 is 16.9. The summed E-state index contributed by atoms with van der Waals surface area (Å²) in [5.74, 6) is 0. The van der Waals surface area contributed by atoms with Gasteiger partial charge in [0.2, 0.25) is 0 Å². The van der Waals surface area contributed by atoms with Crippen molar-refractivity contribution in [3.63, 3.8) is 0 Å². The second kappa shape index (κ2) is 10.3. The molecular weight excluding hydrogens is 492 g/mol. The van der Waals surface area contributed by atoms with Gasteiger partial charge in [-0.05, 0) is 35.7 Å². The number of morpholine rings is 1. The van der Waals surface area contributed by atoms with Gasteiger partial charge >= 0.3 is 0 Å². The Balaban J connectivity index is 1.19. The average Bonchev–Trinajstić information content (AvgIpc) is 3.50. The summed E-state index contributed by atoms with van der Waals surface area (Å²) in [4.78, 5) is 14.6. The Morgan fingerprint density at radius 1 is 1.03 bits per heavy atom. The predicted molar refractivity (Wildman–Crippen MR) is 143 cm³/mol. The fourth-order valence-corrected chi connectivity index (χ4v) is 5.18. The average molecular weight is 521 g/mol. The number of rotatable bonds is 6. The van der Waals surface area contributed by atoms with Gasteiger partial charge in [0.1, 0.15) is 6.10 Å². The molecular formula is C28H29ClN4O4. The van der Waals surface area contributed by atoms with Gasteiger partial charge in [0, 0.05) is 24.3 Å². The number of benzene rings is 2. The molecule has 4 heterocycles. The van der Waals surface area contributed by atoms with Crippen LogP contribution in [0.15, 0.2) is 54.6 Å². The van der Waals surface area contributed by atoms with E-state index in [2.05, 4.69) is 51.3 Å². The molecule has 2 aliphatic heterocycles. The third-order valence-electron chi connectivity index (χ3n) is 7.04. The van der Waals surface area contributed by atoms with Crippen molar-refractivity contribution in [3.05, 3.63) is 59.6 Å². The normalized spacial score (nSPS) is 22.0. The van der Waals surface area contributed by atoms with E-state index in [9.17, 15) is 5.11 Å². The number of aromatic amines is 1. The Morgan fingerprint density at radius 2 is 1.70 bits per heavy atom. The summed E-state index contributed by atoms with van der Waals surface area (Å²) in [6, 6.07) is 18.9. The van der Waals surface area contributed by atoms with E-state index >= 15 is 0 Å². The number of hydrogen-bond donors (Lipinski definition) is 2. The minimum absolute atomic E-state index is 0.223. The highest BCUT2D eigenvalue weighted by molar-refractivity contribution is 6.33. The van der Waals surface area contributed by atoms with E-state index in [1.807, 2.05) is 19.1 Å². The molecule has 1 unspecified atom stereocenters. The lowest BCUT2D eigenvalue weighted by molar-refractivity contribution is 0.0258. The molecule has 2 aromatic heterocycles. The van der Waals surface area contributed by atoms with E-state index in [0.717, 1.165) is 49.4 Å². The highest BCUT2D eigenvalue weighted by Crippen LogP contribution is 2.32. The van der Waals surface area contributed by atoms with Gasteiger partial charge in [0.15, 0.2) is 11.8 Å². The zero-order valence-corrected chi connectivity index (χ0v) is 21.3. The number of halogens is 1. The molecule has 2 saturated heterocycles. The van der Waals surface area contributed by atoms with Crippen molar-refractivity contribution in [2.75, 3.05) is 37.8 Å². The van der Waals surface area contributed by atoms with Crippen molar-refractivity contribution in [1.29, 1.82) is 0 Å². The Hall–Kier alpha value is -3.17. The smallest absolute Gasteiger partial charge is 0.296 e. The number of aliphatic hydroxyl groups excluding tert-OH is 1. The largest absolute Gasteiger partial charge is 0.456 e. The number of H-pyrrole nitrogens is 1. The number of fused-ring (bicyclic) bond motifs is 1. The van der Waals surface area contributed by atoms with Crippen LogP contribution in [-0.4, -0.2) is 71.3 Å². The molecule has 9 heteroatoms. The van der Waals surface area contributed by atoms with Gasteiger partial charge in [0.05, 0.1) is 42.2 Å². The summed E-state index contributed by atoms with van der Waals surface area (Å²) in [5, 5.41) is 10.9. The third-order valence-corrected chi connectivity index (χ3v) is 7.33. The standard InChI is InChI=1S/C28H29ClN4O4/c1-2-23-26(34)24(16-36-23)37-28-30-22-15-21(29)25(31-27(22)32-28)19-5-3-17(4-6-19)18-7-9-20(10-8-18)33-11-13-35-14-12-33/h3-10,15,23-24,26,34H,2,11-14,16H2,1H3,(H,30,31,32)/t23-,24?,26-/m1/s1. The van der Waals surface area contributed by atoms with Crippen LogP contribution in [0.25, 0.3) is 33.5 Å². The molecule has 2 N–H and O–H groups in total. The molecule has 37 heavy (non-hydrogen) atoms. The molecule has 2 fully saturated rings. The Kier molecular flexibility index (Phi) is 6.73. The van der Waals surface area contributed by atoms with Gasteiger partial charge in [-0.25, -0.2) is 4.98 Å². The summed E-state index contributed by atoms with van der Waals surface area (Å²) in [7, 11) is 0. The number of pyridine rings is 1. The molecule has 0 aliphatic carbocycles. The van der Waals surface area contributed by atoms with Crippen molar-refractivity contribution in [3.8, 4) is 28.4 Å². The molecule has 2 aliphatic rings. The Labute approximate surface area is 220 Å². The van der Waals surface area contributed by atoms with Crippen molar-refractivity contribution >= 4 is 28.5 Å². The van der Waals surface area contributed by atoms with Crippen LogP contribution in [0.1, 0.15) is 13.3 Å². The minimum Gasteiger partial charge on any atom is -0.456 e. The molecule has 0 radical (unpaired) electrons. The Bertz CT molecular complexity index is 1370. The molecule has 8 nitrogen and oxygen atoms in total. The maximum Gasteiger partial charge on any atom is 0.296 e. The van der Waals surface area contributed by atoms with Crippen LogP contribution < -0.4 is 9.64 Å². The number of imidazole rings is 1. The quantitative estimate of drug-likeness (QED) is 0.380. The van der Waals surface area contributed by atoms with E-state index in [1.54, 1.807) is 6.07 Å². The van der Waals surface area contributed by atoms with E-state index in [1.165, 1.54) is 5.69 Å². The van der Waals surface area contributed by atoms with Crippen LogP contribution in [0.4, 0.5) is 5.69 Å². The second-order valence-electron chi connectivity index (χ2n) is 9.38. The summed E-state index contributed by atoms with van der Waals surface area (Å²) >= 11 is 6.60. The van der Waals surface area contributed by atoms with Crippen LogP contribution in [0.5, 0.6) is 6.01 Å². The van der Waals surface area contributed by atoms with Crippen LogP contribution in [-0.2, 0) is 9.47 Å². The van der Waals surface area contributed by atoms with E-state index in [0.29, 0.717) is 28.5 Å². The first kappa shape index (κ1) is 24.2. The van der Waals surface area contributed by atoms with Crippen LogP contribution in [0.3, 0.4) is 0 Å². The molecule has 0 bridgehead atoms. The first-order chi connectivity index (χ1) is 18.1. The van der Waals surface area contributed by atoms with Crippen LogP contribution >= 0.6 is 11.6 Å². The fourth-order valence-electron chi connectivity index (χ4n) is 4.92. The first-order valence-corrected chi connectivity index (χ1v) is 13.0. The van der Waals surface area contributed by atoms with Gasteiger partial charge in [0.25, 0.3) is 6.01 Å². The lowest BCUT2D eigenvalue weighted by atomic mass is 10.0. The maximum atomic E-state index is 10.4. The zero-order valence-electron chi connectivity index (χ0n) is 20.6. The SMILES string of the molecule is CC[C@H]1OCC(Oc2nc3nc(-c4ccc(-c5ccc(N6CCOCC6)cc5)cc4)c(Cl)cc3[nH]2)[C@@H]1O. The number of aliphatic hydroxyl groups is 1. The highest BCUT2D eigenvalue weighted by Gasteiger charge is 2.37. The van der Waals surface area contributed by atoms with Crippen LogP contribution in [0, 0.1) is 0 Å². The number of aromatic nitrogens is 3. The molecule has 0 spiro atoms. The van der Waals surface area contributed by atoms with E-state index in [-0.39, 0.29) is 12.1 Å². The molecule has 6 rings (SSSR count). The fraction of sp³-hybridized carbons (Fsp3) is 0.357. The van der Waals surface area contributed by atoms with Gasteiger partial charge in [-0.15, -0.1) is 0 Å². The van der Waals surface area contributed by atoms with E-state index < -0.39 is 12.2 Å². The van der Waals surface area contributed by atoms with Gasteiger partial charge in [-0.1, -0.05) is 54.9 Å². The van der Waals surface area contributed by atoms with E-state index in [4.69, 9.17) is 30.8 Å². The number of nitrogens with zero attached hydrogens (tertiary/aromatic N) is 3. The molecule has 2 aromatic carbocycles. The van der Waals surface area contributed by atoms with Crippen LogP contribution in [0.2, 0.25) is 5.02 Å². The lowest BCUT2D eigenvalue weighted by Gasteiger charge is -2.28. The van der Waals surface area contributed by atoms with Gasteiger partial charge in [-0.2, -0.15) is 4.98 Å². The second-order valence-corrected chi connectivity index (χ2v) is 9.79. The number of anilines is 1. The molecule has 0 saturated carbocycles. The first-order valence-electron chi connectivity index (χ1n) is 12.6. The zero-order chi connectivity index (χ0) is 25.4. The molecule has 192 valence electrons. The number of hydrogen-bond acceptors (Lipinski definition) is 7. The lowest BCUT2D eigenvalue weighted by Crippen LogP contribution is -2.36. The number of nitrogens with one attached hydrogen (secondary N) is 1. The Morgan fingerprint density at radius 3 is 2.38 bits per heavy atom. The summed E-state index contributed by atoms with van der Waals surface area (Å²) in [6.07, 6.45) is -0.671. The van der Waals surface area contributed by atoms with Crippen molar-refractivity contribution in [2.45, 2.75) is 31.7 Å². The summed E-state index contributed by atoms with van der Waals surface area (Å²) in [6.45, 7) is 5.68. The highest BCUT2D eigenvalue weighted by atomic mass is 35.5. The van der Waals surface area contributed by atoms with Crippen molar-refractivity contribution < 1.29 is 19.3 Å². The number of ether oxygens (including phenoxy) is 3. The van der Waals surface area contributed by atoms with Gasteiger partial charge in [-0.3, -0.25) is 0 Å². The van der Waals surface area contributed by atoms with Gasteiger partial charge < -0.3 is 29.2 Å². The molecule has 4 aromatic rings. The maximum absolute atomic E-state index is 10.4. The predicted octanol–water partition coefficient (Wildman–Crippen LogP) is 4.70. The summed E-state index contributed by atoms with van der Waals surface area (Å²) in [5.41, 5.74) is 6.20. The monoisotopic (exact) mass is 520 g/mol. The topological polar surface area (TPSA) is 92.7 Å². The minimum atomic E-state index is -0.695. The molecule has 3 atom stereocenters. The van der Waals surface area contributed by atoms with Crippen molar-refractivity contribution in [2.24, 2.45) is 0 Å².